The molecule has 1 aliphatic carbocycles. The quantitative estimate of drug-likeness (QED) is 0.848. The molecule has 1 heterocycles. The number of fused-ring (bicyclic) bond motifs is 1. The Morgan fingerprint density at radius 2 is 2.06 bits per heavy atom. The second kappa shape index (κ2) is 4.78. The number of rotatable bonds is 4. The van der Waals surface area contributed by atoms with Gasteiger partial charge in [0.15, 0.2) is 11.5 Å². The fourth-order valence-corrected chi connectivity index (χ4v) is 2.55. The first-order chi connectivity index (χ1) is 8.83. The third kappa shape index (κ3) is 2.06. The van der Waals surface area contributed by atoms with Crippen LogP contribution < -0.4 is 14.8 Å². The maximum absolute atomic E-state index is 9.43. The maximum Gasteiger partial charge on any atom is 0.165 e. The summed E-state index contributed by atoms with van der Waals surface area (Å²) in [5, 5.41) is 12.9. The molecular formula is C14H19NO3. The molecule has 0 aromatic heterocycles. The number of ether oxygens (including phenoxy) is 2. The number of aliphatic hydroxyl groups is 1. The van der Waals surface area contributed by atoms with Crippen LogP contribution in [0.4, 0.5) is 0 Å². The monoisotopic (exact) mass is 249 g/mol. The van der Waals surface area contributed by atoms with Crippen molar-refractivity contribution < 1.29 is 14.6 Å². The molecule has 1 fully saturated rings. The molecule has 1 aromatic carbocycles. The molecule has 2 aliphatic rings. The Morgan fingerprint density at radius 3 is 2.78 bits per heavy atom. The summed E-state index contributed by atoms with van der Waals surface area (Å²) in [6, 6.07) is 5.96. The molecule has 1 aliphatic heterocycles. The Kier molecular flexibility index (Phi) is 3.14. The van der Waals surface area contributed by atoms with E-state index in [-0.39, 0.29) is 12.1 Å². The number of benzene rings is 1. The Bertz CT molecular complexity index is 424. The van der Waals surface area contributed by atoms with Gasteiger partial charge in [-0.2, -0.15) is 0 Å². The Labute approximate surface area is 107 Å². The van der Waals surface area contributed by atoms with Crippen molar-refractivity contribution in [2.75, 3.05) is 19.8 Å². The molecule has 0 bridgehead atoms. The zero-order valence-electron chi connectivity index (χ0n) is 10.4. The van der Waals surface area contributed by atoms with E-state index in [9.17, 15) is 5.11 Å². The SMILES string of the molecule is OCC1(NCc2cccc3c2OCCO3)CCC1. The average molecular weight is 249 g/mol. The number of para-hydroxylation sites is 1. The molecule has 0 radical (unpaired) electrons. The van der Waals surface area contributed by atoms with Crippen molar-refractivity contribution in [2.24, 2.45) is 0 Å². The van der Waals surface area contributed by atoms with E-state index in [1.165, 1.54) is 6.42 Å². The first kappa shape index (κ1) is 11.8. The normalized spacial score (nSPS) is 20.3. The Morgan fingerprint density at radius 1 is 1.22 bits per heavy atom. The van der Waals surface area contributed by atoms with E-state index in [1.807, 2.05) is 18.2 Å². The highest BCUT2D eigenvalue weighted by atomic mass is 16.6. The zero-order chi connectivity index (χ0) is 12.4. The molecule has 0 saturated heterocycles. The van der Waals surface area contributed by atoms with Crippen molar-refractivity contribution in [3.8, 4) is 11.5 Å². The number of nitrogens with one attached hydrogen (secondary N) is 1. The van der Waals surface area contributed by atoms with Crippen LogP contribution in [0.25, 0.3) is 0 Å². The summed E-state index contributed by atoms with van der Waals surface area (Å²) in [7, 11) is 0. The van der Waals surface area contributed by atoms with E-state index in [0.717, 1.165) is 29.9 Å². The van der Waals surface area contributed by atoms with E-state index in [4.69, 9.17) is 9.47 Å². The molecule has 0 spiro atoms. The second-order valence-electron chi connectivity index (χ2n) is 5.09. The van der Waals surface area contributed by atoms with Crippen LogP contribution in [0.2, 0.25) is 0 Å². The third-order valence-electron chi connectivity index (χ3n) is 3.91. The molecular weight excluding hydrogens is 230 g/mol. The molecule has 4 heteroatoms. The van der Waals surface area contributed by atoms with Gasteiger partial charge in [0.1, 0.15) is 13.2 Å². The molecule has 2 N–H and O–H groups in total. The van der Waals surface area contributed by atoms with Crippen LogP contribution in [0.15, 0.2) is 18.2 Å². The van der Waals surface area contributed by atoms with Gasteiger partial charge >= 0.3 is 0 Å². The van der Waals surface area contributed by atoms with Gasteiger partial charge in [0.2, 0.25) is 0 Å². The number of hydrogen-bond acceptors (Lipinski definition) is 4. The van der Waals surface area contributed by atoms with Crippen molar-refractivity contribution in [3.63, 3.8) is 0 Å². The lowest BCUT2D eigenvalue weighted by atomic mass is 9.77. The predicted octanol–water partition coefficient (Wildman–Crippen LogP) is 1.46. The van der Waals surface area contributed by atoms with Crippen molar-refractivity contribution in [1.29, 1.82) is 0 Å². The van der Waals surface area contributed by atoms with Gasteiger partial charge in [0, 0.05) is 17.6 Å². The molecule has 18 heavy (non-hydrogen) atoms. The smallest absolute Gasteiger partial charge is 0.165 e. The fraction of sp³-hybridized carbons (Fsp3) is 0.571. The van der Waals surface area contributed by atoms with Crippen LogP contribution in [0.5, 0.6) is 11.5 Å². The van der Waals surface area contributed by atoms with Crippen LogP contribution in [0.1, 0.15) is 24.8 Å². The van der Waals surface area contributed by atoms with Gasteiger partial charge in [0.05, 0.1) is 6.61 Å². The summed E-state index contributed by atoms with van der Waals surface area (Å²) in [6.45, 7) is 2.14. The van der Waals surface area contributed by atoms with Gasteiger partial charge in [-0.3, -0.25) is 0 Å². The summed E-state index contributed by atoms with van der Waals surface area (Å²) >= 11 is 0. The van der Waals surface area contributed by atoms with Gasteiger partial charge in [-0.15, -0.1) is 0 Å². The largest absolute Gasteiger partial charge is 0.486 e. The van der Waals surface area contributed by atoms with E-state index >= 15 is 0 Å². The summed E-state index contributed by atoms with van der Waals surface area (Å²) < 4.78 is 11.2. The highest BCUT2D eigenvalue weighted by Crippen LogP contribution is 2.35. The summed E-state index contributed by atoms with van der Waals surface area (Å²) in [4.78, 5) is 0. The van der Waals surface area contributed by atoms with Crippen LogP contribution in [0, 0.1) is 0 Å². The highest BCUT2D eigenvalue weighted by Gasteiger charge is 2.35. The van der Waals surface area contributed by atoms with E-state index in [0.29, 0.717) is 19.8 Å². The van der Waals surface area contributed by atoms with Crippen molar-refractivity contribution in [1.82, 2.24) is 5.32 Å². The van der Waals surface area contributed by atoms with Crippen LogP contribution in [-0.2, 0) is 6.54 Å². The number of hydrogen-bond donors (Lipinski definition) is 2. The topological polar surface area (TPSA) is 50.7 Å². The number of aliphatic hydroxyl groups excluding tert-OH is 1. The average Bonchev–Trinajstić information content (AvgIpc) is 2.38. The molecule has 1 aromatic rings. The summed E-state index contributed by atoms with van der Waals surface area (Å²) in [5.41, 5.74) is 1.03. The van der Waals surface area contributed by atoms with Crippen LogP contribution >= 0.6 is 0 Å². The highest BCUT2D eigenvalue weighted by molar-refractivity contribution is 5.47. The lowest BCUT2D eigenvalue weighted by Crippen LogP contribution is -2.53. The zero-order valence-corrected chi connectivity index (χ0v) is 10.4. The summed E-state index contributed by atoms with van der Waals surface area (Å²) in [5.74, 6) is 1.68. The van der Waals surface area contributed by atoms with Crippen molar-refractivity contribution in [3.05, 3.63) is 23.8 Å². The standard InChI is InChI=1S/C14H19NO3/c16-10-14(5-2-6-14)15-9-11-3-1-4-12-13(11)18-8-7-17-12/h1,3-4,15-16H,2,5-10H2. The predicted molar refractivity (Wildman–Crippen MR) is 67.9 cm³/mol. The van der Waals surface area contributed by atoms with E-state index in [1.54, 1.807) is 0 Å². The van der Waals surface area contributed by atoms with Crippen LogP contribution in [0.3, 0.4) is 0 Å². The molecule has 0 atom stereocenters. The first-order valence-corrected chi connectivity index (χ1v) is 6.56. The van der Waals surface area contributed by atoms with Crippen LogP contribution in [-0.4, -0.2) is 30.5 Å². The minimum Gasteiger partial charge on any atom is -0.486 e. The van der Waals surface area contributed by atoms with E-state index < -0.39 is 0 Å². The van der Waals surface area contributed by atoms with Crippen molar-refractivity contribution >= 4 is 0 Å². The maximum atomic E-state index is 9.43. The second-order valence-corrected chi connectivity index (χ2v) is 5.09. The molecule has 0 amide bonds. The molecule has 0 unspecified atom stereocenters. The lowest BCUT2D eigenvalue weighted by molar-refractivity contribution is 0.0865. The Balaban J connectivity index is 1.72. The van der Waals surface area contributed by atoms with Gasteiger partial charge in [-0.25, -0.2) is 0 Å². The molecule has 3 rings (SSSR count). The van der Waals surface area contributed by atoms with Gasteiger partial charge in [-0.05, 0) is 25.3 Å². The van der Waals surface area contributed by atoms with E-state index in [2.05, 4.69) is 5.32 Å². The molecule has 1 saturated carbocycles. The molecule has 4 nitrogen and oxygen atoms in total. The van der Waals surface area contributed by atoms with Gasteiger partial charge in [0.25, 0.3) is 0 Å². The minimum atomic E-state index is -0.0712. The Hall–Kier alpha value is -1.26. The van der Waals surface area contributed by atoms with Gasteiger partial charge < -0.3 is 19.9 Å². The fourth-order valence-electron chi connectivity index (χ4n) is 2.55. The minimum absolute atomic E-state index is 0.0712. The molecule has 98 valence electrons. The lowest BCUT2D eigenvalue weighted by Gasteiger charge is -2.41. The third-order valence-corrected chi connectivity index (χ3v) is 3.91. The van der Waals surface area contributed by atoms with Crippen molar-refractivity contribution in [2.45, 2.75) is 31.3 Å². The summed E-state index contributed by atoms with van der Waals surface area (Å²) in [6.07, 6.45) is 3.30. The van der Waals surface area contributed by atoms with Gasteiger partial charge in [-0.1, -0.05) is 12.1 Å². The first-order valence-electron chi connectivity index (χ1n) is 6.56.